The summed E-state index contributed by atoms with van der Waals surface area (Å²) in [5.41, 5.74) is 12.2. The van der Waals surface area contributed by atoms with Gasteiger partial charge in [-0.25, -0.2) is 0 Å². The summed E-state index contributed by atoms with van der Waals surface area (Å²) in [6.45, 7) is 0. The lowest BCUT2D eigenvalue weighted by atomic mass is 9.97. The van der Waals surface area contributed by atoms with Gasteiger partial charge in [0.05, 0.1) is 0 Å². The van der Waals surface area contributed by atoms with E-state index in [1.165, 1.54) is 43.8 Å². The van der Waals surface area contributed by atoms with Gasteiger partial charge in [0.1, 0.15) is 11.2 Å². The molecule has 0 bridgehead atoms. The van der Waals surface area contributed by atoms with Gasteiger partial charge in [0.25, 0.3) is 0 Å². The minimum Gasteiger partial charge on any atom is -0.456 e. The summed E-state index contributed by atoms with van der Waals surface area (Å²) in [6, 6.07) is 71.8. The van der Waals surface area contributed by atoms with Crippen LogP contribution in [0.2, 0.25) is 0 Å². The molecule has 10 rings (SSSR count). The number of furan rings is 1. The third-order valence-corrected chi connectivity index (χ3v) is 10.3. The van der Waals surface area contributed by atoms with E-state index in [1.54, 1.807) is 0 Å². The standard InChI is InChI=1S/C50H33NO/c1-2-12-38-32-39(23-22-34(38)10-1)35-24-28-41(29-25-35)51(42-30-26-37(27-31-42)45-18-8-13-36-11-3-4-16-44(36)45)43-15-7-14-40(33-43)46-19-9-21-49-50(46)47-17-5-6-20-48(47)52-49/h1-33H. The van der Waals surface area contributed by atoms with Gasteiger partial charge in [-0.15, -0.1) is 0 Å². The fraction of sp³-hybridized carbons (Fsp3) is 0. The summed E-state index contributed by atoms with van der Waals surface area (Å²) in [5.74, 6) is 0. The van der Waals surface area contributed by atoms with E-state index < -0.39 is 0 Å². The van der Waals surface area contributed by atoms with E-state index in [9.17, 15) is 0 Å². The first kappa shape index (κ1) is 30.0. The highest BCUT2D eigenvalue weighted by Gasteiger charge is 2.17. The number of benzene rings is 9. The van der Waals surface area contributed by atoms with Crippen molar-refractivity contribution < 1.29 is 4.42 Å². The second kappa shape index (κ2) is 12.5. The SMILES string of the molecule is c1cc(-c2cccc3oc4ccccc4c23)cc(N(c2ccc(-c3ccc4ccccc4c3)cc2)c2ccc(-c3cccc4ccccc34)cc2)c1. The minimum atomic E-state index is 0.897. The van der Waals surface area contributed by atoms with Gasteiger partial charge in [-0.2, -0.15) is 0 Å². The molecular weight excluding hydrogens is 631 g/mol. The van der Waals surface area contributed by atoms with Gasteiger partial charge in [-0.1, -0.05) is 146 Å². The Morgan fingerprint density at radius 3 is 1.73 bits per heavy atom. The molecule has 0 radical (unpaired) electrons. The Morgan fingerprint density at radius 2 is 0.904 bits per heavy atom. The third-order valence-electron chi connectivity index (χ3n) is 10.3. The minimum absolute atomic E-state index is 0.897. The van der Waals surface area contributed by atoms with Crippen LogP contribution in [0.5, 0.6) is 0 Å². The molecule has 0 aliphatic rings. The number of nitrogens with zero attached hydrogens (tertiary/aromatic N) is 1. The van der Waals surface area contributed by atoms with E-state index in [4.69, 9.17) is 4.42 Å². The van der Waals surface area contributed by atoms with Crippen LogP contribution in [-0.4, -0.2) is 0 Å². The van der Waals surface area contributed by atoms with Crippen molar-refractivity contribution in [2.75, 3.05) is 4.90 Å². The molecule has 0 aliphatic heterocycles. The molecule has 9 aromatic carbocycles. The summed E-state index contributed by atoms with van der Waals surface area (Å²) in [5, 5.41) is 7.26. The molecule has 244 valence electrons. The van der Waals surface area contributed by atoms with Gasteiger partial charge < -0.3 is 9.32 Å². The smallest absolute Gasteiger partial charge is 0.136 e. The second-order valence-electron chi connectivity index (χ2n) is 13.3. The van der Waals surface area contributed by atoms with E-state index >= 15 is 0 Å². The molecular formula is C50H33NO. The van der Waals surface area contributed by atoms with Crippen molar-refractivity contribution in [3.05, 3.63) is 200 Å². The van der Waals surface area contributed by atoms with Crippen LogP contribution in [0.15, 0.2) is 205 Å². The summed E-state index contributed by atoms with van der Waals surface area (Å²) in [7, 11) is 0. The number of fused-ring (bicyclic) bond motifs is 5. The lowest BCUT2D eigenvalue weighted by Crippen LogP contribution is -2.10. The average molecular weight is 664 g/mol. The molecule has 2 heteroatoms. The summed E-state index contributed by atoms with van der Waals surface area (Å²) in [4.78, 5) is 2.36. The van der Waals surface area contributed by atoms with Crippen molar-refractivity contribution >= 4 is 60.5 Å². The van der Waals surface area contributed by atoms with Crippen LogP contribution >= 0.6 is 0 Å². The van der Waals surface area contributed by atoms with Crippen LogP contribution in [0.25, 0.3) is 76.9 Å². The maximum atomic E-state index is 6.27. The van der Waals surface area contributed by atoms with Gasteiger partial charge in [-0.05, 0) is 110 Å². The predicted molar refractivity (Wildman–Crippen MR) is 220 cm³/mol. The molecule has 1 aromatic heterocycles. The Kier molecular flexibility index (Phi) is 7.18. The molecule has 2 nitrogen and oxygen atoms in total. The molecule has 0 amide bonds. The van der Waals surface area contributed by atoms with Gasteiger partial charge in [0, 0.05) is 27.8 Å². The fourth-order valence-electron chi connectivity index (χ4n) is 7.71. The van der Waals surface area contributed by atoms with E-state index in [2.05, 4.69) is 193 Å². The number of anilines is 3. The van der Waals surface area contributed by atoms with Crippen LogP contribution in [0, 0.1) is 0 Å². The van der Waals surface area contributed by atoms with Crippen molar-refractivity contribution in [2.45, 2.75) is 0 Å². The van der Waals surface area contributed by atoms with E-state index in [0.717, 1.165) is 50.1 Å². The molecule has 0 fully saturated rings. The Hall–Kier alpha value is -6.90. The number of rotatable bonds is 6. The highest BCUT2D eigenvalue weighted by molar-refractivity contribution is 6.12. The Bertz CT molecular complexity index is 2890. The predicted octanol–water partition coefficient (Wildman–Crippen LogP) is 14.4. The molecule has 0 atom stereocenters. The van der Waals surface area contributed by atoms with Crippen LogP contribution < -0.4 is 4.90 Å². The molecule has 52 heavy (non-hydrogen) atoms. The lowest BCUT2D eigenvalue weighted by Gasteiger charge is -2.26. The first-order chi connectivity index (χ1) is 25.8. The summed E-state index contributed by atoms with van der Waals surface area (Å²) < 4.78 is 6.27. The van der Waals surface area contributed by atoms with Gasteiger partial charge in [0.2, 0.25) is 0 Å². The highest BCUT2D eigenvalue weighted by atomic mass is 16.3. The number of para-hydroxylation sites is 1. The second-order valence-corrected chi connectivity index (χ2v) is 13.3. The van der Waals surface area contributed by atoms with Crippen molar-refractivity contribution in [2.24, 2.45) is 0 Å². The molecule has 1 heterocycles. The highest BCUT2D eigenvalue weighted by Crippen LogP contribution is 2.41. The van der Waals surface area contributed by atoms with Crippen molar-refractivity contribution in [1.29, 1.82) is 0 Å². The molecule has 0 saturated heterocycles. The fourth-order valence-corrected chi connectivity index (χ4v) is 7.71. The van der Waals surface area contributed by atoms with Crippen LogP contribution in [0.1, 0.15) is 0 Å². The Balaban J connectivity index is 1.09. The van der Waals surface area contributed by atoms with Gasteiger partial charge >= 0.3 is 0 Å². The molecule has 0 N–H and O–H groups in total. The maximum Gasteiger partial charge on any atom is 0.136 e. The monoisotopic (exact) mass is 663 g/mol. The molecule has 0 unspecified atom stereocenters. The lowest BCUT2D eigenvalue weighted by molar-refractivity contribution is 0.669. The van der Waals surface area contributed by atoms with Gasteiger partial charge in [0.15, 0.2) is 0 Å². The normalized spacial score (nSPS) is 11.5. The Labute approximate surface area is 302 Å². The Morgan fingerprint density at radius 1 is 0.308 bits per heavy atom. The number of hydrogen-bond acceptors (Lipinski definition) is 2. The zero-order valence-corrected chi connectivity index (χ0v) is 28.4. The average Bonchev–Trinajstić information content (AvgIpc) is 3.60. The topological polar surface area (TPSA) is 16.4 Å². The van der Waals surface area contributed by atoms with Gasteiger partial charge in [-0.3, -0.25) is 0 Å². The van der Waals surface area contributed by atoms with E-state index in [-0.39, 0.29) is 0 Å². The summed E-state index contributed by atoms with van der Waals surface area (Å²) in [6.07, 6.45) is 0. The molecule has 0 saturated carbocycles. The quantitative estimate of drug-likeness (QED) is 0.176. The summed E-state index contributed by atoms with van der Waals surface area (Å²) >= 11 is 0. The van der Waals surface area contributed by atoms with E-state index in [1.807, 2.05) is 12.1 Å². The zero-order valence-electron chi connectivity index (χ0n) is 28.4. The molecule has 0 aliphatic carbocycles. The first-order valence-corrected chi connectivity index (χ1v) is 17.8. The largest absolute Gasteiger partial charge is 0.456 e. The van der Waals surface area contributed by atoms with Crippen LogP contribution in [0.3, 0.4) is 0 Å². The molecule has 0 spiro atoms. The van der Waals surface area contributed by atoms with Crippen LogP contribution in [-0.2, 0) is 0 Å². The zero-order chi connectivity index (χ0) is 34.4. The van der Waals surface area contributed by atoms with Crippen molar-refractivity contribution in [3.63, 3.8) is 0 Å². The van der Waals surface area contributed by atoms with Crippen molar-refractivity contribution in [1.82, 2.24) is 0 Å². The molecule has 10 aromatic rings. The van der Waals surface area contributed by atoms with Crippen LogP contribution in [0.4, 0.5) is 17.1 Å². The maximum absolute atomic E-state index is 6.27. The first-order valence-electron chi connectivity index (χ1n) is 17.8. The van der Waals surface area contributed by atoms with Crippen molar-refractivity contribution in [3.8, 4) is 33.4 Å². The number of hydrogen-bond donors (Lipinski definition) is 0. The third kappa shape index (κ3) is 5.21. The van der Waals surface area contributed by atoms with E-state index in [0.29, 0.717) is 0 Å².